The van der Waals surface area contributed by atoms with Crippen LogP contribution in [-0.4, -0.2) is 7.11 Å². The quantitative estimate of drug-likeness (QED) is 0.534. The van der Waals surface area contributed by atoms with E-state index in [1.54, 1.807) is 12.7 Å². The molecule has 134 valence electrons. The number of benzene rings is 2. The van der Waals surface area contributed by atoms with E-state index in [0.29, 0.717) is 11.8 Å². The molecule has 0 heterocycles. The van der Waals surface area contributed by atoms with Gasteiger partial charge in [0.1, 0.15) is 5.75 Å². The third kappa shape index (κ3) is 4.66. The Morgan fingerprint density at radius 2 is 1.72 bits per heavy atom. The Morgan fingerprint density at radius 3 is 2.40 bits per heavy atom. The van der Waals surface area contributed by atoms with Gasteiger partial charge in [0.2, 0.25) is 0 Å². The zero-order chi connectivity index (χ0) is 17.6. The van der Waals surface area contributed by atoms with Crippen molar-refractivity contribution in [3.05, 3.63) is 53.6 Å². The molecule has 2 aromatic carbocycles. The average Bonchev–Trinajstić information content (AvgIpc) is 2.90. The lowest BCUT2D eigenvalue weighted by Gasteiger charge is -2.21. The summed E-state index contributed by atoms with van der Waals surface area (Å²) in [4.78, 5) is 0. The lowest BCUT2D eigenvalue weighted by Crippen LogP contribution is -2.03. The van der Waals surface area contributed by atoms with Crippen molar-refractivity contribution in [2.75, 3.05) is 7.11 Å². The summed E-state index contributed by atoms with van der Waals surface area (Å²) >= 11 is 0. The molecular weight excluding hydrogens is 304 g/mol. The molecule has 1 heteroatoms. The highest BCUT2D eigenvalue weighted by Crippen LogP contribution is 2.39. The van der Waals surface area contributed by atoms with Gasteiger partial charge in [0.15, 0.2) is 0 Å². The summed E-state index contributed by atoms with van der Waals surface area (Å²) in [6, 6.07) is 15.7. The van der Waals surface area contributed by atoms with Crippen LogP contribution in [0.5, 0.6) is 5.75 Å². The number of ether oxygens (including phenoxy) is 1. The van der Waals surface area contributed by atoms with Crippen LogP contribution >= 0.6 is 0 Å². The molecule has 2 aromatic rings. The topological polar surface area (TPSA) is 9.23 Å². The molecule has 0 unspecified atom stereocenters. The Bertz CT molecular complexity index is 678. The SMILES string of the molecule is COc1cccc(-c2ccc(CC(C)C)cc2C2CCCCCC2)c1. The van der Waals surface area contributed by atoms with Crippen LogP contribution < -0.4 is 4.74 Å². The second kappa shape index (κ2) is 8.56. The van der Waals surface area contributed by atoms with Crippen LogP contribution in [0, 0.1) is 5.92 Å². The molecule has 0 bridgehead atoms. The van der Waals surface area contributed by atoms with Gasteiger partial charge in [0.25, 0.3) is 0 Å². The van der Waals surface area contributed by atoms with Crippen LogP contribution in [0.15, 0.2) is 42.5 Å². The van der Waals surface area contributed by atoms with Gasteiger partial charge in [-0.2, -0.15) is 0 Å². The fraction of sp³-hybridized carbons (Fsp3) is 0.500. The van der Waals surface area contributed by atoms with Crippen LogP contribution in [0.4, 0.5) is 0 Å². The van der Waals surface area contributed by atoms with Crippen molar-refractivity contribution in [3.63, 3.8) is 0 Å². The van der Waals surface area contributed by atoms with E-state index in [4.69, 9.17) is 4.74 Å². The van der Waals surface area contributed by atoms with Crippen molar-refractivity contribution in [2.24, 2.45) is 5.92 Å². The Balaban J connectivity index is 2.02. The fourth-order valence-corrected chi connectivity index (χ4v) is 4.19. The fourth-order valence-electron chi connectivity index (χ4n) is 4.19. The van der Waals surface area contributed by atoms with E-state index in [0.717, 1.165) is 12.2 Å². The van der Waals surface area contributed by atoms with E-state index in [1.165, 1.54) is 55.2 Å². The molecule has 3 rings (SSSR count). The van der Waals surface area contributed by atoms with Crippen LogP contribution in [0.2, 0.25) is 0 Å². The lowest BCUT2D eigenvalue weighted by atomic mass is 9.84. The van der Waals surface area contributed by atoms with E-state index in [1.807, 2.05) is 6.07 Å². The zero-order valence-corrected chi connectivity index (χ0v) is 16.1. The maximum atomic E-state index is 5.46. The molecular formula is C24H32O. The molecule has 0 amide bonds. The van der Waals surface area contributed by atoms with Crippen LogP contribution in [0.1, 0.15) is 69.4 Å². The van der Waals surface area contributed by atoms with Crippen LogP contribution in [0.25, 0.3) is 11.1 Å². The lowest BCUT2D eigenvalue weighted by molar-refractivity contribution is 0.415. The maximum Gasteiger partial charge on any atom is 0.119 e. The highest BCUT2D eigenvalue weighted by Gasteiger charge is 2.19. The second-order valence-electron chi connectivity index (χ2n) is 7.94. The van der Waals surface area contributed by atoms with Crippen molar-refractivity contribution in [3.8, 4) is 16.9 Å². The summed E-state index contributed by atoms with van der Waals surface area (Å²) in [5.74, 6) is 2.34. The molecule has 0 spiro atoms. The summed E-state index contributed by atoms with van der Waals surface area (Å²) in [6.45, 7) is 4.61. The molecule has 0 radical (unpaired) electrons. The minimum absolute atomic E-state index is 0.699. The Morgan fingerprint density at radius 1 is 0.960 bits per heavy atom. The first-order valence-electron chi connectivity index (χ1n) is 9.94. The summed E-state index contributed by atoms with van der Waals surface area (Å²) in [5.41, 5.74) is 5.74. The van der Waals surface area contributed by atoms with Gasteiger partial charge in [-0.15, -0.1) is 0 Å². The summed E-state index contributed by atoms with van der Waals surface area (Å²) in [6.07, 6.45) is 9.38. The molecule has 0 N–H and O–H groups in total. The minimum atomic E-state index is 0.699. The molecule has 0 saturated heterocycles. The van der Waals surface area contributed by atoms with E-state index >= 15 is 0 Å². The van der Waals surface area contributed by atoms with Crippen LogP contribution in [-0.2, 0) is 6.42 Å². The number of hydrogen-bond acceptors (Lipinski definition) is 1. The number of rotatable bonds is 5. The molecule has 1 saturated carbocycles. The predicted molar refractivity (Wildman–Crippen MR) is 107 cm³/mol. The van der Waals surface area contributed by atoms with E-state index in [9.17, 15) is 0 Å². The standard InChI is InChI=1S/C24H32O/c1-18(2)15-19-13-14-23(21-11-8-12-22(17-21)25-3)24(16-19)20-9-6-4-5-7-10-20/h8,11-14,16-18,20H,4-7,9-10,15H2,1-3H3. The monoisotopic (exact) mass is 336 g/mol. The molecule has 1 fully saturated rings. The van der Waals surface area contributed by atoms with Gasteiger partial charge in [0.05, 0.1) is 7.11 Å². The molecule has 0 aliphatic heterocycles. The van der Waals surface area contributed by atoms with Gasteiger partial charge in [-0.05, 0) is 65.5 Å². The minimum Gasteiger partial charge on any atom is -0.497 e. The summed E-state index contributed by atoms with van der Waals surface area (Å²) < 4.78 is 5.46. The van der Waals surface area contributed by atoms with Crippen molar-refractivity contribution >= 4 is 0 Å². The largest absolute Gasteiger partial charge is 0.497 e. The van der Waals surface area contributed by atoms with Crippen molar-refractivity contribution in [1.29, 1.82) is 0 Å². The Hall–Kier alpha value is -1.76. The van der Waals surface area contributed by atoms with E-state index < -0.39 is 0 Å². The van der Waals surface area contributed by atoms with Crippen LogP contribution in [0.3, 0.4) is 0 Å². The molecule has 1 nitrogen and oxygen atoms in total. The molecule has 25 heavy (non-hydrogen) atoms. The molecule has 1 aliphatic carbocycles. The molecule has 0 aromatic heterocycles. The van der Waals surface area contributed by atoms with E-state index in [2.05, 4.69) is 50.2 Å². The normalized spacial score (nSPS) is 16.0. The third-order valence-electron chi connectivity index (χ3n) is 5.44. The highest BCUT2D eigenvalue weighted by molar-refractivity contribution is 5.70. The van der Waals surface area contributed by atoms with E-state index in [-0.39, 0.29) is 0 Å². The Kier molecular flexibility index (Phi) is 6.18. The van der Waals surface area contributed by atoms with Gasteiger partial charge < -0.3 is 4.74 Å². The first-order valence-corrected chi connectivity index (χ1v) is 9.94. The first kappa shape index (κ1) is 18.0. The summed E-state index contributed by atoms with van der Waals surface area (Å²) in [7, 11) is 1.75. The summed E-state index contributed by atoms with van der Waals surface area (Å²) in [5, 5.41) is 0. The first-order chi connectivity index (χ1) is 12.2. The molecule has 0 atom stereocenters. The van der Waals surface area contributed by atoms with Gasteiger partial charge >= 0.3 is 0 Å². The van der Waals surface area contributed by atoms with Crippen molar-refractivity contribution in [2.45, 2.75) is 64.7 Å². The number of hydrogen-bond donors (Lipinski definition) is 0. The van der Waals surface area contributed by atoms with Crippen molar-refractivity contribution < 1.29 is 4.74 Å². The number of methoxy groups -OCH3 is 1. The van der Waals surface area contributed by atoms with Gasteiger partial charge in [-0.1, -0.05) is 69.9 Å². The average molecular weight is 337 g/mol. The highest BCUT2D eigenvalue weighted by atomic mass is 16.5. The van der Waals surface area contributed by atoms with Gasteiger partial charge in [-0.25, -0.2) is 0 Å². The third-order valence-corrected chi connectivity index (χ3v) is 5.44. The van der Waals surface area contributed by atoms with Gasteiger partial charge in [-0.3, -0.25) is 0 Å². The predicted octanol–water partition coefficient (Wildman–Crippen LogP) is 7.00. The van der Waals surface area contributed by atoms with Gasteiger partial charge in [0, 0.05) is 0 Å². The molecule has 1 aliphatic rings. The smallest absolute Gasteiger partial charge is 0.119 e. The maximum absolute atomic E-state index is 5.46. The van der Waals surface area contributed by atoms with Crippen molar-refractivity contribution in [1.82, 2.24) is 0 Å². The Labute approximate surface area is 153 Å². The zero-order valence-electron chi connectivity index (χ0n) is 16.1. The second-order valence-corrected chi connectivity index (χ2v) is 7.94.